The molecule has 0 aliphatic carbocycles. The predicted octanol–water partition coefficient (Wildman–Crippen LogP) is 21.1. The van der Waals surface area contributed by atoms with Gasteiger partial charge in [-0.3, -0.25) is 24.0 Å². The van der Waals surface area contributed by atoms with Crippen LogP contribution >= 0.6 is 23.2 Å². The lowest BCUT2D eigenvalue weighted by atomic mass is 9.91. The van der Waals surface area contributed by atoms with Crippen molar-refractivity contribution >= 4 is 86.6 Å². The van der Waals surface area contributed by atoms with Crippen molar-refractivity contribution in [2.24, 2.45) is 0 Å². The largest absolute Gasteiger partial charge is 0.508 e. The first kappa shape index (κ1) is 102. The van der Waals surface area contributed by atoms with E-state index in [9.17, 15) is 39.0 Å². The standard InChI is InChI=1S/C25H29N3O3.C23H23Cl2N3O.C23H25N3O3.2C23H25N3O2/c1-17-26-16-21(24(27-17)19-9-12-22(30-2)23(15-19)31-3)25(29)18-7-10-20(11-8-18)28-13-5-4-6-14-28;1-15-26-14-20(22(27-15)19-10-7-17(24)13-21(19)25)23(29)16-5-8-18(9-6-16)28-11-3-2-4-12-28;1-29-20-8-4-3-7-18(20)21-19(15-24-23(28)25-21)22(27)16-9-11-17(12-10-16)26-13-5-2-6-14-26;1-16-24-15-21(22(25-16)17-7-11-20(27)12-8-17)23(28)18-5-9-19(10-6-18)26-13-3-2-4-14-26;1-16-24-15-21(22(25-16)18-6-5-7-20(27)14-18)23(28)17-8-10-19(11-9-17)26-12-3-2-4-13-26/h7-12,15-16,24,26-27H,1,4-6,13-14H2,2-3H3;5-10,13-14,22,26-27H,1-4,11-12H2;3-4,7-12,15,21H,2,5-6,13-14H2,1H3,(H2,24,25,28);5-12,15,22,24-25,27H,1-4,13-14H2;5-11,14-15,22,24-25,27H,1-4,12-13H2. The summed E-state index contributed by atoms with van der Waals surface area (Å²) in [6.07, 6.45) is 27.0. The van der Waals surface area contributed by atoms with Crippen LogP contribution in [0.1, 0.15) is 206 Å². The summed E-state index contributed by atoms with van der Waals surface area (Å²) in [6, 6.07) is 69.1. The van der Waals surface area contributed by atoms with Crippen molar-refractivity contribution in [3.05, 3.63) is 405 Å². The van der Waals surface area contributed by atoms with E-state index in [2.05, 4.69) is 104 Å². The molecular weight excluding hydrogens is 1860 g/mol. The molecule has 28 heteroatoms. The Balaban J connectivity index is 0.000000130. The number of nitrogens with one attached hydrogen (secondary N) is 10. The van der Waals surface area contributed by atoms with E-state index in [4.69, 9.17) is 37.4 Å². The van der Waals surface area contributed by atoms with Gasteiger partial charge in [-0.1, -0.05) is 104 Å². The average Bonchev–Trinajstić information content (AvgIpc) is 0.798. The number of hydrogen-bond donors (Lipinski definition) is 12. The third kappa shape index (κ3) is 25.7. The van der Waals surface area contributed by atoms with E-state index in [1.807, 2.05) is 188 Å². The highest BCUT2D eigenvalue weighted by Crippen LogP contribution is 2.41. The van der Waals surface area contributed by atoms with E-state index in [1.165, 1.54) is 125 Å². The SMILES string of the molecule is C=C1NC=C(C(=O)c2ccc(N3CCCCC3)cc2)C(c2ccc(Cl)cc2Cl)N1.C=C1NC=C(C(=O)c2ccc(N3CCCCC3)cc2)C(c2ccc(O)cc2)N1.C=C1NC=C(C(=O)c2ccc(N3CCCCC3)cc2)C(c2ccc(OC)c(OC)c2)N1.C=C1NC=C(C(=O)c2ccc(N3CCCCC3)cc2)C(c2cccc(O)c2)N1.COc1ccccc1C1NC(=O)NC=C1C(=O)c1ccc(N2CCCCC2)cc1. The number of piperidine rings is 5. The van der Waals surface area contributed by atoms with Gasteiger partial charge in [0.05, 0.1) is 74.8 Å². The molecule has 0 radical (unpaired) electrons. The van der Waals surface area contributed by atoms with Gasteiger partial charge in [0.15, 0.2) is 40.4 Å². The molecule has 5 fully saturated rings. The van der Waals surface area contributed by atoms with Crippen LogP contribution in [0.2, 0.25) is 10.0 Å². The Hall–Kier alpha value is -15.5. The number of nitrogens with zero attached hydrogens (tertiary/aromatic N) is 5. The Bertz CT molecular complexity index is 6510. The molecule has 10 heterocycles. The number of aromatic hydroxyl groups is 2. The van der Waals surface area contributed by atoms with E-state index < -0.39 is 12.1 Å². The minimum absolute atomic E-state index is 0.0301. The van der Waals surface area contributed by atoms with Crippen molar-refractivity contribution in [3.8, 4) is 28.7 Å². The molecule has 26 nitrogen and oxygen atoms in total. The Morgan fingerprint density at radius 3 is 0.945 bits per heavy atom. The maximum atomic E-state index is 13.4. The molecule has 12 N–H and O–H groups in total. The zero-order valence-corrected chi connectivity index (χ0v) is 83.8. The minimum Gasteiger partial charge on any atom is -0.508 e. The number of amides is 2. The second-order valence-electron chi connectivity index (χ2n) is 37.2. The summed E-state index contributed by atoms with van der Waals surface area (Å²) in [4.78, 5) is 90.2. The van der Waals surface area contributed by atoms with Crippen molar-refractivity contribution < 1.29 is 53.2 Å². The summed E-state index contributed by atoms with van der Waals surface area (Å²) >= 11 is 12.5. The number of carbonyl (C=O) groups is 6. The first-order valence-corrected chi connectivity index (χ1v) is 50.6. The summed E-state index contributed by atoms with van der Waals surface area (Å²) in [6.45, 7) is 26.4. The monoisotopic (exact) mass is 1990 g/mol. The molecule has 10 aromatic carbocycles. The van der Waals surface area contributed by atoms with E-state index in [1.54, 1.807) is 88.6 Å². The molecule has 0 bridgehead atoms. The second-order valence-corrected chi connectivity index (χ2v) is 38.0. The van der Waals surface area contributed by atoms with Crippen LogP contribution in [-0.4, -0.2) is 132 Å². The first-order chi connectivity index (χ1) is 70.5. The molecule has 750 valence electrons. The highest BCUT2D eigenvalue weighted by molar-refractivity contribution is 6.35. The van der Waals surface area contributed by atoms with Crippen molar-refractivity contribution in [1.29, 1.82) is 0 Å². The number of rotatable bonds is 23. The third-order valence-electron chi connectivity index (χ3n) is 27.5. The number of benzene rings is 10. The number of halogens is 2. The Morgan fingerprint density at radius 2 is 0.600 bits per heavy atom. The van der Waals surface area contributed by atoms with Gasteiger partial charge in [-0.2, -0.15) is 0 Å². The van der Waals surface area contributed by atoms with E-state index in [0.29, 0.717) is 106 Å². The van der Waals surface area contributed by atoms with Crippen LogP contribution in [0.25, 0.3) is 0 Å². The quantitative estimate of drug-likeness (QED) is 0.0265. The van der Waals surface area contributed by atoms with E-state index >= 15 is 0 Å². The number of ketones is 5. The van der Waals surface area contributed by atoms with Crippen LogP contribution in [0.15, 0.2) is 339 Å². The molecule has 5 atom stereocenters. The molecule has 20 rings (SSSR count). The van der Waals surface area contributed by atoms with Crippen LogP contribution in [-0.2, 0) is 0 Å². The zero-order valence-electron chi connectivity index (χ0n) is 82.3. The fourth-order valence-electron chi connectivity index (χ4n) is 19.7. The molecule has 145 heavy (non-hydrogen) atoms. The maximum Gasteiger partial charge on any atom is 0.319 e. The normalized spacial score (nSPS) is 19.1. The highest BCUT2D eigenvalue weighted by Gasteiger charge is 2.36. The molecule has 0 saturated carbocycles. The predicted molar refractivity (Wildman–Crippen MR) is 577 cm³/mol. The van der Waals surface area contributed by atoms with Gasteiger partial charge in [0, 0.05) is 196 Å². The maximum absolute atomic E-state index is 13.4. The summed E-state index contributed by atoms with van der Waals surface area (Å²) in [5, 5.41) is 50.9. The number of methoxy groups -OCH3 is 3. The molecule has 0 spiro atoms. The van der Waals surface area contributed by atoms with Crippen LogP contribution < -0.4 is 91.9 Å². The number of phenolic OH excluding ortho intramolecular Hbond substituents is 2. The van der Waals surface area contributed by atoms with E-state index in [0.717, 1.165) is 99.0 Å². The Labute approximate surface area is 858 Å². The summed E-state index contributed by atoms with van der Waals surface area (Å²) in [5.41, 5.74) is 16.0. The number of carbonyl (C=O) groups excluding carboxylic acids is 6. The highest BCUT2D eigenvalue weighted by atomic mass is 35.5. The lowest BCUT2D eigenvalue weighted by Crippen LogP contribution is -2.42. The number of hydrogen-bond acceptors (Lipinski definition) is 24. The van der Waals surface area contributed by atoms with Crippen molar-refractivity contribution in [3.63, 3.8) is 0 Å². The van der Waals surface area contributed by atoms with Crippen molar-refractivity contribution in [2.75, 3.05) is 111 Å². The molecule has 5 unspecified atom stereocenters. The summed E-state index contributed by atoms with van der Waals surface area (Å²) < 4.78 is 16.2. The van der Waals surface area contributed by atoms with Crippen molar-refractivity contribution in [1.82, 2.24) is 53.2 Å². The fraction of sp³-hybridized carbons (Fsp3) is 0.282. The third-order valence-corrected chi connectivity index (χ3v) is 28.1. The smallest absolute Gasteiger partial charge is 0.319 e. The molecule has 5 saturated heterocycles. The van der Waals surface area contributed by atoms with Crippen LogP contribution in [0.5, 0.6) is 28.7 Å². The second kappa shape index (κ2) is 49.0. The number of Topliss-reactive ketones (excluding diaryl/α,β-unsaturated/α-hetero) is 5. The molecule has 2 amide bonds. The molecular formula is C117H127Cl2N15O11. The topological polar surface area (TPSA) is 307 Å². The zero-order chi connectivity index (χ0) is 101. The lowest BCUT2D eigenvalue weighted by Gasteiger charge is -2.30. The Morgan fingerprint density at radius 1 is 0.290 bits per heavy atom. The van der Waals surface area contributed by atoms with Crippen LogP contribution in [0.4, 0.5) is 33.2 Å². The summed E-state index contributed by atoms with van der Waals surface area (Å²) in [5.74, 6) is 4.45. The Kier molecular flexibility index (Phi) is 34.6. The minimum atomic E-state index is -0.575. The molecule has 10 aliphatic heterocycles. The molecule has 0 aromatic heterocycles. The lowest BCUT2D eigenvalue weighted by molar-refractivity contribution is 0.101. The van der Waals surface area contributed by atoms with Gasteiger partial charge in [-0.25, -0.2) is 4.79 Å². The fourth-order valence-corrected chi connectivity index (χ4v) is 20.2. The number of anilines is 5. The number of para-hydroxylation sites is 1. The van der Waals surface area contributed by atoms with E-state index in [-0.39, 0.29) is 64.6 Å². The number of ether oxygens (including phenoxy) is 3. The van der Waals surface area contributed by atoms with Crippen LogP contribution in [0, 0.1) is 0 Å². The summed E-state index contributed by atoms with van der Waals surface area (Å²) in [7, 11) is 4.78. The number of phenols is 2. The van der Waals surface area contributed by atoms with Gasteiger partial charge >= 0.3 is 6.03 Å². The molecule has 10 aliphatic rings. The van der Waals surface area contributed by atoms with Crippen LogP contribution in [0.3, 0.4) is 0 Å². The average molecular weight is 1990 g/mol. The van der Waals surface area contributed by atoms with Gasteiger partial charge in [0.1, 0.15) is 17.2 Å². The van der Waals surface area contributed by atoms with Gasteiger partial charge in [0.2, 0.25) is 0 Å². The van der Waals surface area contributed by atoms with Gasteiger partial charge in [0.25, 0.3) is 0 Å². The van der Waals surface area contributed by atoms with Gasteiger partial charge < -0.3 is 102 Å². The van der Waals surface area contributed by atoms with Gasteiger partial charge in [-0.05, 0) is 294 Å². The van der Waals surface area contributed by atoms with Gasteiger partial charge in [-0.15, -0.1) is 0 Å². The first-order valence-electron chi connectivity index (χ1n) is 49.9. The van der Waals surface area contributed by atoms with Crippen molar-refractivity contribution in [2.45, 2.75) is 127 Å². The number of urea groups is 1. The molecule has 10 aromatic rings.